The number of carbonyl (C=O) groups excluding carboxylic acids is 2. The molecule has 3 amide bonds. The Morgan fingerprint density at radius 3 is 2.75 bits per heavy atom. The summed E-state index contributed by atoms with van der Waals surface area (Å²) in [5, 5.41) is 14.1. The van der Waals surface area contributed by atoms with E-state index in [1.165, 1.54) is 0 Å². The van der Waals surface area contributed by atoms with Crippen LogP contribution < -0.4 is 10.6 Å². The smallest absolute Gasteiger partial charge is 0.328 e. The highest BCUT2D eigenvalue weighted by atomic mass is 16.5. The molecule has 0 saturated carbocycles. The number of ether oxygens (including phenoxy) is 1. The first kappa shape index (κ1) is 16.2. The highest BCUT2D eigenvalue weighted by Gasteiger charge is 2.35. The van der Waals surface area contributed by atoms with Gasteiger partial charge in [0.25, 0.3) is 0 Å². The summed E-state index contributed by atoms with van der Waals surface area (Å²) in [6.45, 7) is 5.85. The molecule has 1 unspecified atom stereocenters. The molecule has 0 aromatic rings. The van der Waals surface area contributed by atoms with Gasteiger partial charge in [0.05, 0.1) is 5.60 Å². The second-order valence-electron chi connectivity index (χ2n) is 5.14. The average Bonchev–Trinajstić information content (AvgIpc) is 2.35. The molecule has 0 aromatic heterocycles. The van der Waals surface area contributed by atoms with Gasteiger partial charge in [0.15, 0.2) is 0 Å². The van der Waals surface area contributed by atoms with Crippen LogP contribution in [0.4, 0.5) is 4.79 Å². The fourth-order valence-electron chi connectivity index (χ4n) is 1.91. The summed E-state index contributed by atoms with van der Waals surface area (Å²) in [5.41, 5.74) is -0.554. The minimum atomic E-state index is -1.15. The van der Waals surface area contributed by atoms with Crippen molar-refractivity contribution in [3.63, 3.8) is 0 Å². The molecule has 114 valence electrons. The number of rotatable bonds is 5. The lowest BCUT2D eigenvalue weighted by Gasteiger charge is -2.34. The third-order valence-electron chi connectivity index (χ3n) is 2.93. The van der Waals surface area contributed by atoms with Gasteiger partial charge in [-0.3, -0.25) is 9.69 Å². The molecule has 1 rings (SSSR count). The van der Waals surface area contributed by atoms with E-state index in [1.54, 1.807) is 0 Å². The van der Waals surface area contributed by atoms with E-state index >= 15 is 0 Å². The lowest BCUT2D eigenvalue weighted by atomic mass is 10.1. The Balaban J connectivity index is 2.63. The van der Waals surface area contributed by atoms with E-state index in [0.717, 1.165) is 4.90 Å². The summed E-state index contributed by atoms with van der Waals surface area (Å²) in [6.07, 6.45) is 0. The number of nitrogens with one attached hydrogen (secondary N) is 2. The van der Waals surface area contributed by atoms with Gasteiger partial charge in [-0.15, -0.1) is 0 Å². The second kappa shape index (κ2) is 6.56. The van der Waals surface area contributed by atoms with Gasteiger partial charge < -0.3 is 20.5 Å². The van der Waals surface area contributed by atoms with Crippen LogP contribution in [0.3, 0.4) is 0 Å². The number of carboxylic acid groups (broad SMARTS) is 1. The SMILES string of the molecule is CCOC(C)(C)CNC(=O)N1CC(=O)NCC1C(=O)O. The zero-order valence-corrected chi connectivity index (χ0v) is 11.9. The zero-order valence-electron chi connectivity index (χ0n) is 11.9. The van der Waals surface area contributed by atoms with Gasteiger partial charge in [0.1, 0.15) is 12.6 Å². The molecule has 1 heterocycles. The first-order valence-corrected chi connectivity index (χ1v) is 6.45. The first-order chi connectivity index (χ1) is 9.26. The predicted molar refractivity (Wildman–Crippen MR) is 70.2 cm³/mol. The van der Waals surface area contributed by atoms with Crippen molar-refractivity contribution in [1.82, 2.24) is 15.5 Å². The molecule has 8 nitrogen and oxygen atoms in total. The molecule has 0 radical (unpaired) electrons. The van der Waals surface area contributed by atoms with Gasteiger partial charge in [-0.1, -0.05) is 0 Å². The fourth-order valence-corrected chi connectivity index (χ4v) is 1.91. The summed E-state index contributed by atoms with van der Waals surface area (Å²) in [6, 6.07) is -1.64. The lowest BCUT2D eigenvalue weighted by Crippen LogP contribution is -2.62. The molecule has 8 heteroatoms. The van der Waals surface area contributed by atoms with Gasteiger partial charge in [-0.2, -0.15) is 0 Å². The Kier molecular flexibility index (Phi) is 5.32. The number of urea groups is 1. The monoisotopic (exact) mass is 287 g/mol. The molecule has 1 fully saturated rings. The maximum atomic E-state index is 12.0. The van der Waals surface area contributed by atoms with Crippen molar-refractivity contribution in [1.29, 1.82) is 0 Å². The van der Waals surface area contributed by atoms with Crippen molar-refractivity contribution >= 4 is 17.9 Å². The minimum absolute atomic E-state index is 0.0869. The van der Waals surface area contributed by atoms with Crippen LogP contribution in [0.1, 0.15) is 20.8 Å². The molecule has 3 N–H and O–H groups in total. The maximum Gasteiger partial charge on any atom is 0.328 e. The summed E-state index contributed by atoms with van der Waals surface area (Å²) in [5.74, 6) is -1.52. The molecular weight excluding hydrogens is 266 g/mol. The van der Waals surface area contributed by atoms with Crippen LogP contribution in [0.2, 0.25) is 0 Å². The molecule has 1 saturated heterocycles. The van der Waals surface area contributed by atoms with E-state index < -0.39 is 23.6 Å². The normalized spacial score (nSPS) is 19.4. The van der Waals surface area contributed by atoms with Crippen molar-refractivity contribution in [2.45, 2.75) is 32.4 Å². The standard InChI is InChI=1S/C12H21N3O5/c1-4-20-12(2,3)7-14-11(19)15-6-9(16)13-5-8(15)10(17)18/h8H,4-7H2,1-3H3,(H,13,16)(H,14,19)(H,17,18). The van der Waals surface area contributed by atoms with E-state index in [1.807, 2.05) is 20.8 Å². The van der Waals surface area contributed by atoms with Crippen molar-refractivity contribution in [3.05, 3.63) is 0 Å². The van der Waals surface area contributed by atoms with Crippen molar-refractivity contribution in [3.8, 4) is 0 Å². The lowest BCUT2D eigenvalue weighted by molar-refractivity contribution is -0.144. The third kappa shape index (κ3) is 4.37. The van der Waals surface area contributed by atoms with Crippen molar-refractivity contribution in [2.75, 3.05) is 26.2 Å². The molecule has 0 aromatic carbocycles. The van der Waals surface area contributed by atoms with E-state index in [-0.39, 0.29) is 25.5 Å². The minimum Gasteiger partial charge on any atom is -0.480 e. The number of amides is 3. The summed E-state index contributed by atoms with van der Waals surface area (Å²) < 4.78 is 5.43. The number of aliphatic carboxylic acids is 1. The topological polar surface area (TPSA) is 108 Å². The highest BCUT2D eigenvalue weighted by molar-refractivity contribution is 5.90. The third-order valence-corrected chi connectivity index (χ3v) is 2.93. The van der Waals surface area contributed by atoms with Crippen LogP contribution in [0.25, 0.3) is 0 Å². The van der Waals surface area contributed by atoms with Crippen LogP contribution in [-0.4, -0.2) is 65.8 Å². The van der Waals surface area contributed by atoms with Crippen LogP contribution in [0.5, 0.6) is 0 Å². The first-order valence-electron chi connectivity index (χ1n) is 6.45. The largest absolute Gasteiger partial charge is 0.480 e. The zero-order chi connectivity index (χ0) is 15.3. The Morgan fingerprint density at radius 2 is 2.20 bits per heavy atom. The number of carboxylic acids is 1. The molecular formula is C12H21N3O5. The molecule has 20 heavy (non-hydrogen) atoms. The number of nitrogens with zero attached hydrogens (tertiary/aromatic N) is 1. The van der Waals surface area contributed by atoms with Crippen molar-refractivity contribution < 1.29 is 24.2 Å². The second-order valence-corrected chi connectivity index (χ2v) is 5.14. The van der Waals surface area contributed by atoms with Gasteiger partial charge >= 0.3 is 12.0 Å². The van der Waals surface area contributed by atoms with Gasteiger partial charge in [0.2, 0.25) is 5.91 Å². The maximum absolute atomic E-state index is 12.0. The van der Waals surface area contributed by atoms with Gasteiger partial charge in [-0.05, 0) is 20.8 Å². The number of piperazine rings is 1. The van der Waals surface area contributed by atoms with Crippen molar-refractivity contribution in [2.24, 2.45) is 0 Å². The molecule has 0 bridgehead atoms. The fraction of sp³-hybridized carbons (Fsp3) is 0.750. The van der Waals surface area contributed by atoms with E-state index in [9.17, 15) is 14.4 Å². The molecule has 1 aliphatic rings. The Labute approximate surface area is 117 Å². The Morgan fingerprint density at radius 1 is 1.55 bits per heavy atom. The number of hydrogen-bond acceptors (Lipinski definition) is 4. The summed E-state index contributed by atoms with van der Waals surface area (Å²) in [4.78, 5) is 35.4. The molecule has 0 aliphatic carbocycles. The van der Waals surface area contributed by atoms with E-state index in [2.05, 4.69) is 10.6 Å². The van der Waals surface area contributed by atoms with Gasteiger partial charge in [-0.25, -0.2) is 9.59 Å². The van der Waals surface area contributed by atoms with Gasteiger partial charge in [0, 0.05) is 19.7 Å². The van der Waals surface area contributed by atoms with Crippen LogP contribution >= 0.6 is 0 Å². The van der Waals surface area contributed by atoms with Crippen LogP contribution in [-0.2, 0) is 14.3 Å². The Hall–Kier alpha value is -1.83. The summed E-state index contributed by atoms with van der Waals surface area (Å²) in [7, 11) is 0. The average molecular weight is 287 g/mol. The van der Waals surface area contributed by atoms with E-state index in [0.29, 0.717) is 6.61 Å². The molecule has 0 spiro atoms. The number of hydrogen-bond donors (Lipinski definition) is 3. The highest BCUT2D eigenvalue weighted by Crippen LogP contribution is 2.09. The molecule has 1 atom stereocenters. The Bertz CT molecular complexity index is 397. The van der Waals surface area contributed by atoms with E-state index in [4.69, 9.17) is 9.84 Å². The molecule has 1 aliphatic heterocycles. The number of carbonyl (C=O) groups is 3. The summed E-state index contributed by atoms with van der Waals surface area (Å²) >= 11 is 0. The quantitative estimate of drug-likeness (QED) is 0.625. The van der Waals surface area contributed by atoms with Crippen LogP contribution in [0.15, 0.2) is 0 Å². The van der Waals surface area contributed by atoms with Crippen LogP contribution in [0, 0.1) is 0 Å². The predicted octanol–water partition coefficient (Wildman–Crippen LogP) is -0.604.